The zero-order valence-electron chi connectivity index (χ0n) is 10.9. The standard InChI is InChI=1S/C11H18O7/c1-7(2)17-11(14)16-6-10(18-9(4)13)5-15-8(3)12/h7,10H,5-6H2,1-4H3. The highest BCUT2D eigenvalue weighted by Crippen LogP contribution is 2.00. The summed E-state index contributed by atoms with van der Waals surface area (Å²) in [5.74, 6) is -1.08. The lowest BCUT2D eigenvalue weighted by molar-refractivity contribution is -0.159. The molecular formula is C11H18O7. The molecule has 0 aromatic rings. The van der Waals surface area contributed by atoms with E-state index in [0.29, 0.717) is 0 Å². The maximum atomic E-state index is 11.1. The molecule has 0 aliphatic carbocycles. The van der Waals surface area contributed by atoms with Gasteiger partial charge in [0.05, 0.1) is 6.10 Å². The van der Waals surface area contributed by atoms with Gasteiger partial charge in [0.15, 0.2) is 6.10 Å². The first kappa shape index (κ1) is 16.2. The average Bonchev–Trinajstić information content (AvgIpc) is 2.20. The summed E-state index contributed by atoms with van der Waals surface area (Å²) in [6.07, 6.45) is -2.02. The average molecular weight is 262 g/mol. The van der Waals surface area contributed by atoms with Gasteiger partial charge in [-0.15, -0.1) is 0 Å². The molecule has 0 aliphatic rings. The Bertz CT molecular complexity index is 298. The Kier molecular flexibility index (Phi) is 7.50. The van der Waals surface area contributed by atoms with Crippen LogP contribution in [-0.2, 0) is 28.5 Å². The molecule has 0 rings (SSSR count). The third-order valence-electron chi connectivity index (χ3n) is 1.52. The van der Waals surface area contributed by atoms with Crippen molar-refractivity contribution in [1.82, 2.24) is 0 Å². The fraction of sp³-hybridized carbons (Fsp3) is 0.727. The summed E-state index contributed by atoms with van der Waals surface area (Å²) in [5, 5.41) is 0. The lowest BCUT2D eigenvalue weighted by atomic mass is 10.4. The third-order valence-corrected chi connectivity index (χ3v) is 1.52. The smallest absolute Gasteiger partial charge is 0.462 e. The number of hydrogen-bond acceptors (Lipinski definition) is 7. The van der Waals surface area contributed by atoms with Crippen LogP contribution in [0, 0.1) is 0 Å². The molecule has 0 saturated heterocycles. The molecule has 0 aromatic heterocycles. The Morgan fingerprint density at radius 3 is 1.89 bits per heavy atom. The van der Waals surface area contributed by atoms with Gasteiger partial charge in [-0.1, -0.05) is 0 Å². The molecule has 0 fully saturated rings. The molecule has 0 spiro atoms. The van der Waals surface area contributed by atoms with Crippen LogP contribution in [0.4, 0.5) is 4.79 Å². The van der Waals surface area contributed by atoms with Crippen LogP contribution in [0.1, 0.15) is 27.7 Å². The first-order chi connectivity index (χ1) is 8.31. The minimum Gasteiger partial charge on any atom is -0.462 e. The molecule has 0 heterocycles. The van der Waals surface area contributed by atoms with Crippen molar-refractivity contribution in [2.75, 3.05) is 13.2 Å². The molecule has 0 bridgehead atoms. The molecule has 7 heteroatoms. The van der Waals surface area contributed by atoms with Crippen LogP contribution in [0.25, 0.3) is 0 Å². The second-order valence-electron chi connectivity index (χ2n) is 3.76. The van der Waals surface area contributed by atoms with E-state index in [-0.39, 0.29) is 19.3 Å². The van der Waals surface area contributed by atoms with Crippen molar-refractivity contribution in [2.45, 2.75) is 39.9 Å². The zero-order chi connectivity index (χ0) is 14.1. The summed E-state index contributed by atoms with van der Waals surface area (Å²) in [6, 6.07) is 0. The highest BCUT2D eigenvalue weighted by atomic mass is 16.7. The van der Waals surface area contributed by atoms with E-state index in [1.54, 1.807) is 13.8 Å². The second-order valence-corrected chi connectivity index (χ2v) is 3.76. The number of carbonyl (C=O) groups is 3. The van der Waals surface area contributed by atoms with Crippen LogP contribution in [0.2, 0.25) is 0 Å². The van der Waals surface area contributed by atoms with E-state index in [2.05, 4.69) is 4.74 Å². The Morgan fingerprint density at radius 1 is 0.889 bits per heavy atom. The summed E-state index contributed by atoms with van der Waals surface area (Å²) < 4.78 is 18.9. The Hall–Kier alpha value is -1.79. The van der Waals surface area contributed by atoms with Crippen LogP contribution in [0.3, 0.4) is 0 Å². The molecule has 7 nitrogen and oxygen atoms in total. The normalized spacial score (nSPS) is 11.6. The van der Waals surface area contributed by atoms with Crippen molar-refractivity contribution in [3.8, 4) is 0 Å². The second kappa shape index (κ2) is 8.32. The topological polar surface area (TPSA) is 88.1 Å². The van der Waals surface area contributed by atoms with Crippen molar-refractivity contribution < 1.29 is 33.3 Å². The van der Waals surface area contributed by atoms with Crippen molar-refractivity contribution in [2.24, 2.45) is 0 Å². The fourth-order valence-electron chi connectivity index (χ4n) is 0.949. The van der Waals surface area contributed by atoms with Crippen molar-refractivity contribution in [1.29, 1.82) is 0 Å². The highest BCUT2D eigenvalue weighted by Gasteiger charge is 2.17. The van der Waals surface area contributed by atoms with Crippen molar-refractivity contribution >= 4 is 18.1 Å². The van der Waals surface area contributed by atoms with Gasteiger partial charge in [0, 0.05) is 13.8 Å². The monoisotopic (exact) mass is 262 g/mol. The molecule has 1 atom stereocenters. The van der Waals surface area contributed by atoms with Crippen LogP contribution in [0.5, 0.6) is 0 Å². The number of ether oxygens (including phenoxy) is 4. The number of rotatable bonds is 6. The molecule has 18 heavy (non-hydrogen) atoms. The van der Waals surface area contributed by atoms with Gasteiger partial charge < -0.3 is 18.9 Å². The van der Waals surface area contributed by atoms with E-state index in [0.717, 1.165) is 0 Å². The largest absolute Gasteiger partial charge is 0.508 e. The minimum atomic E-state index is -0.870. The molecule has 0 amide bonds. The van der Waals surface area contributed by atoms with E-state index >= 15 is 0 Å². The van der Waals surface area contributed by atoms with Gasteiger partial charge in [0.1, 0.15) is 13.2 Å². The minimum absolute atomic E-state index is 0.177. The summed E-state index contributed by atoms with van der Waals surface area (Å²) >= 11 is 0. The molecule has 0 radical (unpaired) electrons. The van der Waals surface area contributed by atoms with Crippen molar-refractivity contribution in [3.63, 3.8) is 0 Å². The van der Waals surface area contributed by atoms with Gasteiger partial charge in [-0.3, -0.25) is 9.59 Å². The number of esters is 2. The first-order valence-corrected chi connectivity index (χ1v) is 5.45. The quantitative estimate of drug-likeness (QED) is 0.522. The van der Waals surface area contributed by atoms with Gasteiger partial charge >= 0.3 is 18.1 Å². The Morgan fingerprint density at radius 2 is 1.44 bits per heavy atom. The van der Waals surface area contributed by atoms with Crippen LogP contribution >= 0.6 is 0 Å². The van der Waals surface area contributed by atoms with E-state index < -0.39 is 24.2 Å². The van der Waals surface area contributed by atoms with Gasteiger partial charge in [-0.25, -0.2) is 4.79 Å². The predicted octanol–water partition coefficient (Wildman–Crippen LogP) is 1.04. The maximum Gasteiger partial charge on any atom is 0.508 e. The van der Waals surface area contributed by atoms with Crippen LogP contribution in [-0.4, -0.2) is 43.5 Å². The van der Waals surface area contributed by atoms with Crippen LogP contribution < -0.4 is 0 Å². The Labute approximate surface area is 105 Å². The third kappa shape index (κ3) is 9.44. The van der Waals surface area contributed by atoms with Gasteiger partial charge in [0.25, 0.3) is 0 Å². The number of carbonyl (C=O) groups excluding carboxylic acids is 3. The first-order valence-electron chi connectivity index (χ1n) is 5.45. The predicted molar refractivity (Wildman–Crippen MR) is 59.8 cm³/mol. The van der Waals surface area contributed by atoms with E-state index in [9.17, 15) is 14.4 Å². The lowest BCUT2D eigenvalue weighted by Gasteiger charge is -2.17. The molecule has 0 saturated carbocycles. The van der Waals surface area contributed by atoms with Crippen LogP contribution in [0.15, 0.2) is 0 Å². The maximum absolute atomic E-state index is 11.1. The molecule has 0 aliphatic heterocycles. The summed E-state index contributed by atoms with van der Waals surface area (Å²) in [5.41, 5.74) is 0. The summed E-state index contributed by atoms with van der Waals surface area (Å²) in [6.45, 7) is 5.35. The fourth-order valence-corrected chi connectivity index (χ4v) is 0.949. The van der Waals surface area contributed by atoms with Gasteiger partial charge in [-0.05, 0) is 13.8 Å². The van der Waals surface area contributed by atoms with E-state index in [4.69, 9.17) is 14.2 Å². The number of hydrogen-bond donors (Lipinski definition) is 0. The lowest BCUT2D eigenvalue weighted by Crippen LogP contribution is -2.30. The molecule has 0 N–H and O–H groups in total. The van der Waals surface area contributed by atoms with E-state index in [1.165, 1.54) is 13.8 Å². The Balaban J connectivity index is 4.10. The van der Waals surface area contributed by atoms with Gasteiger partial charge in [-0.2, -0.15) is 0 Å². The van der Waals surface area contributed by atoms with Gasteiger partial charge in [0.2, 0.25) is 0 Å². The molecule has 104 valence electrons. The summed E-state index contributed by atoms with van der Waals surface area (Å²) in [7, 11) is 0. The summed E-state index contributed by atoms with van der Waals surface area (Å²) in [4.78, 5) is 32.5. The highest BCUT2D eigenvalue weighted by molar-refractivity contribution is 5.67. The molecule has 0 aromatic carbocycles. The molecular weight excluding hydrogens is 244 g/mol. The molecule has 1 unspecified atom stereocenters. The van der Waals surface area contributed by atoms with Crippen molar-refractivity contribution in [3.05, 3.63) is 0 Å². The SMILES string of the molecule is CC(=O)OCC(COC(=O)OC(C)C)OC(C)=O. The van der Waals surface area contributed by atoms with E-state index in [1.807, 2.05) is 0 Å². The zero-order valence-corrected chi connectivity index (χ0v) is 10.9.